The molecule has 2 aromatic rings. The first-order valence-corrected chi connectivity index (χ1v) is 5.83. The smallest absolute Gasteiger partial charge is 0.269 e. The highest BCUT2D eigenvalue weighted by Crippen LogP contribution is 2.15. The number of non-ortho nitro benzene ring substituents is 1. The number of carbonyl (C=O) groups excluding carboxylic acids is 1. The molecule has 0 aliphatic carbocycles. The van der Waals surface area contributed by atoms with Crippen molar-refractivity contribution in [3.63, 3.8) is 0 Å². The zero-order valence-electron chi connectivity index (χ0n) is 10.4. The first-order valence-electron chi connectivity index (χ1n) is 5.83. The number of nitrogens with one attached hydrogen (secondary N) is 1. The summed E-state index contributed by atoms with van der Waals surface area (Å²) in [6.07, 6.45) is 0.0365. The van der Waals surface area contributed by atoms with Gasteiger partial charge in [-0.05, 0) is 29.8 Å². The molecule has 0 heterocycles. The average Bonchev–Trinajstić information content (AvgIpc) is 2.39. The minimum Gasteiger partial charge on any atom is -0.326 e. The van der Waals surface area contributed by atoms with Crippen molar-refractivity contribution in [2.75, 3.05) is 5.32 Å². The van der Waals surface area contributed by atoms with Crippen LogP contribution in [0.1, 0.15) is 5.56 Å². The van der Waals surface area contributed by atoms with Crippen LogP contribution in [0.3, 0.4) is 0 Å². The van der Waals surface area contributed by atoms with Crippen molar-refractivity contribution in [3.8, 4) is 0 Å². The van der Waals surface area contributed by atoms with Crippen LogP contribution in [-0.2, 0) is 11.2 Å². The molecule has 2 aromatic carbocycles. The summed E-state index contributed by atoms with van der Waals surface area (Å²) in [5, 5.41) is 13.1. The number of nitro groups is 1. The fourth-order valence-electron chi connectivity index (χ4n) is 1.70. The number of hydrogen-bond donors (Lipinski definition) is 1. The van der Waals surface area contributed by atoms with Crippen LogP contribution in [0.2, 0.25) is 0 Å². The Hall–Kier alpha value is -2.76. The fourth-order valence-corrected chi connectivity index (χ4v) is 1.70. The van der Waals surface area contributed by atoms with E-state index in [9.17, 15) is 19.3 Å². The maximum absolute atomic E-state index is 13.0. The van der Waals surface area contributed by atoms with Crippen LogP contribution < -0.4 is 5.32 Å². The van der Waals surface area contributed by atoms with Gasteiger partial charge in [0.15, 0.2) is 0 Å². The Kier molecular flexibility index (Phi) is 4.05. The Balaban J connectivity index is 1.99. The number of nitrogens with zero attached hydrogens (tertiary/aromatic N) is 1. The molecule has 20 heavy (non-hydrogen) atoms. The van der Waals surface area contributed by atoms with Crippen molar-refractivity contribution in [1.82, 2.24) is 0 Å². The van der Waals surface area contributed by atoms with Crippen LogP contribution >= 0.6 is 0 Å². The molecule has 102 valence electrons. The van der Waals surface area contributed by atoms with Gasteiger partial charge in [-0.3, -0.25) is 14.9 Å². The van der Waals surface area contributed by atoms with Crippen LogP contribution in [0.4, 0.5) is 15.8 Å². The van der Waals surface area contributed by atoms with Crippen molar-refractivity contribution in [1.29, 1.82) is 0 Å². The van der Waals surface area contributed by atoms with E-state index in [4.69, 9.17) is 0 Å². The molecule has 0 aliphatic heterocycles. The van der Waals surface area contributed by atoms with Gasteiger partial charge in [0, 0.05) is 17.8 Å². The molecule has 1 amide bonds. The maximum Gasteiger partial charge on any atom is 0.269 e. The lowest BCUT2D eigenvalue weighted by Crippen LogP contribution is -2.14. The van der Waals surface area contributed by atoms with E-state index in [1.165, 1.54) is 42.5 Å². The van der Waals surface area contributed by atoms with E-state index in [0.29, 0.717) is 11.3 Å². The van der Waals surface area contributed by atoms with Gasteiger partial charge in [0.25, 0.3) is 5.69 Å². The Morgan fingerprint density at radius 3 is 2.50 bits per heavy atom. The van der Waals surface area contributed by atoms with Gasteiger partial charge in [-0.25, -0.2) is 4.39 Å². The molecule has 0 saturated carbocycles. The standard InChI is InChI=1S/C14H11FN2O3/c15-11-3-1-2-10(8-11)9-14(18)16-12-4-6-13(7-5-12)17(19)20/h1-8H,9H2,(H,16,18). The van der Waals surface area contributed by atoms with Gasteiger partial charge in [-0.1, -0.05) is 12.1 Å². The second kappa shape index (κ2) is 5.92. The van der Waals surface area contributed by atoms with E-state index in [1.807, 2.05) is 0 Å². The third kappa shape index (κ3) is 3.61. The van der Waals surface area contributed by atoms with E-state index >= 15 is 0 Å². The lowest BCUT2D eigenvalue weighted by atomic mass is 10.1. The Bertz CT molecular complexity index is 641. The number of rotatable bonds is 4. The van der Waals surface area contributed by atoms with E-state index < -0.39 is 10.7 Å². The first-order chi connectivity index (χ1) is 9.54. The quantitative estimate of drug-likeness (QED) is 0.688. The summed E-state index contributed by atoms with van der Waals surface area (Å²) in [7, 11) is 0. The third-order valence-electron chi connectivity index (χ3n) is 2.62. The van der Waals surface area contributed by atoms with Crippen LogP contribution in [0.5, 0.6) is 0 Å². The molecule has 0 bridgehead atoms. The van der Waals surface area contributed by atoms with Crippen LogP contribution in [0.15, 0.2) is 48.5 Å². The molecule has 0 atom stereocenters. The lowest BCUT2D eigenvalue weighted by molar-refractivity contribution is -0.384. The summed E-state index contributed by atoms with van der Waals surface area (Å²) in [6.45, 7) is 0. The second-order valence-electron chi connectivity index (χ2n) is 4.16. The highest BCUT2D eigenvalue weighted by Gasteiger charge is 2.07. The number of amides is 1. The molecular weight excluding hydrogens is 263 g/mol. The highest BCUT2D eigenvalue weighted by molar-refractivity contribution is 5.92. The van der Waals surface area contributed by atoms with Crippen molar-refractivity contribution >= 4 is 17.3 Å². The predicted molar refractivity (Wildman–Crippen MR) is 71.8 cm³/mol. The second-order valence-corrected chi connectivity index (χ2v) is 4.16. The van der Waals surface area contributed by atoms with E-state index in [0.717, 1.165) is 0 Å². The fraction of sp³-hybridized carbons (Fsp3) is 0.0714. The highest BCUT2D eigenvalue weighted by atomic mass is 19.1. The number of nitro benzene ring substituents is 1. The van der Waals surface area contributed by atoms with Gasteiger partial charge in [0.1, 0.15) is 5.82 Å². The normalized spacial score (nSPS) is 10.1. The lowest BCUT2D eigenvalue weighted by Gasteiger charge is -2.05. The van der Waals surface area contributed by atoms with E-state index in [1.54, 1.807) is 6.07 Å². The molecule has 2 rings (SSSR count). The van der Waals surface area contributed by atoms with Gasteiger partial charge < -0.3 is 5.32 Å². The van der Waals surface area contributed by atoms with E-state index in [-0.39, 0.29) is 18.0 Å². The molecule has 0 fully saturated rings. The molecule has 5 nitrogen and oxygen atoms in total. The van der Waals surface area contributed by atoms with Crippen molar-refractivity contribution in [2.24, 2.45) is 0 Å². The summed E-state index contributed by atoms with van der Waals surface area (Å²) < 4.78 is 13.0. The number of carbonyl (C=O) groups is 1. The largest absolute Gasteiger partial charge is 0.326 e. The number of halogens is 1. The molecule has 0 aromatic heterocycles. The summed E-state index contributed by atoms with van der Waals surface area (Å²) in [5.41, 5.74) is 0.967. The summed E-state index contributed by atoms with van der Waals surface area (Å²) in [5.74, 6) is -0.713. The SMILES string of the molecule is O=C(Cc1cccc(F)c1)Nc1ccc([N+](=O)[O-])cc1. The Morgan fingerprint density at radius 2 is 1.90 bits per heavy atom. The molecule has 0 radical (unpaired) electrons. The number of benzene rings is 2. The monoisotopic (exact) mass is 274 g/mol. The van der Waals surface area contributed by atoms with Crippen LogP contribution in [0.25, 0.3) is 0 Å². The molecule has 1 N–H and O–H groups in total. The Morgan fingerprint density at radius 1 is 1.20 bits per heavy atom. The van der Waals surface area contributed by atoms with Gasteiger partial charge in [0.2, 0.25) is 5.91 Å². The molecule has 0 spiro atoms. The van der Waals surface area contributed by atoms with Gasteiger partial charge in [0.05, 0.1) is 11.3 Å². The molecule has 0 aliphatic rings. The van der Waals surface area contributed by atoms with Gasteiger partial charge in [-0.15, -0.1) is 0 Å². The van der Waals surface area contributed by atoms with Gasteiger partial charge >= 0.3 is 0 Å². The predicted octanol–water partition coefficient (Wildman–Crippen LogP) is 2.92. The molecule has 6 heteroatoms. The summed E-state index contributed by atoms with van der Waals surface area (Å²) in [6, 6.07) is 11.3. The molecule has 0 unspecified atom stereocenters. The molecular formula is C14H11FN2O3. The van der Waals surface area contributed by atoms with Crippen molar-refractivity contribution in [3.05, 3.63) is 70.0 Å². The zero-order valence-corrected chi connectivity index (χ0v) is 10.4. The van der Waals surface area contributed by atoms with Crippen LogP contribution in [0, 0.1) is 15.9 Å². The van der Waals surface area contributed by atoms with Crippen LogP contribution in [-0.4, -0.2) is 10.8 Å². The Labute approximate surface area is 114 Å². The maximum atomic E-state index is 13.0. The zero-order chi connectivity index (χ0) is 14.5. The van der Waals surface area contributed by atoms with E-state index in [2.05, 4.69) is 5.32 Å². The minimum atomic E-state index is -0.516. The average molecular weight is 274 g/mol. The number of anilines is 1. The van der Waals surface area contributed by atoms with Gasteiger partial charge in [-0.2, -0.15) is 0 Å². The summed E-state index contributed by atoms with van der Waals surface area (Å²) in [4.78, 5) is 21.7. The first kappa shape index (κ1) is 13.7. The molecule has 0 saturated heterocycles. The minimum absolute atomic E-state index is 0.0365. The third-order valence-corrected chi connectivity index (χ3v) is 2.62. The van der Waals surface area contributed by atoms with Crippen molar-refractivity contribution in [2.45, 2.75) is 6.42 Å². The topological polar surface area (TPSA) is 72.2 Å². The summed E-state index contributed by atoms with van der Waals surface area (Å²) >= 11 is 0. The number of hydrogen-bond acceptors (Lipinski definition) is 3. The van der Waals surface area contributed by atoms with Crippen molar-refractivity contribution < 1.29 is 14.1 Å².